The van der Waals surface area contributed by atoms with Gasteiger partial charge in [-0.25, -0.2) is 4.98 Å². The molecule has 1 amide bonds. The highest BCUT2D eigenvalue weighted by Gasteiger charge is 2.33. The zero-order valence-electron chi connectivity index (χ0n) is 20.2. The third-order valence-electron chi connectivity index (χ3n) is 5.54. The van der Waals surface area contributed by atoms with Crippen molar-refractivity contribution < 1.29 is 23.8 Å². The van der Waals surface area contributed by atoms with Crippen LogP contribution in [0.5, 0.6) is 5.75 Å². The number of carbonyl (C=O) groups excluding carboxylic acids is 2. The first-order chi connectivity index (χ1) is 17.0. The molecule has 9 heteroatoms. The number of aryl methyl sites for hydroxylation is 1. The van der Waals surface area contributed by atoms with Gasteiger partial charge in [0.1, 0.15) is 23.9 Å². The topological polar surface area (TPSA) is 90.9 Å². The maximum atomic E-state index is 12.9. The van der Waals surface area contributed by atoms with E-state index in [4.69, 9.17) is 19.2 Å². The Labute approximate surface area is 208 Å². The molecule has 35 heavy (non-hydrogen) atoms. The van der Waals surface area contributed by atoms with E-state index in [-0.39, 0.29) is 19.1 Å². The third kappa shape index (κ3) is 5.86. The smallest absolute Gasteiger partial charge is 0.326 e. The highest BCUT2D eigenvalue weighted by Crippen LogP contribution is 2.39. The summed E-state index contributed by atoms with van der Waals surface area (Å²) in [5, 5.41) is 0.818. The minimum atomic E-state index is -0.699. The number of carbonyl (C=O) groups is 2. The monoisotopic (exact) mass is 495 g/mol. The van der Waals surface area contributed by atoms with E-state index in [0.29, 0.717) is 24.7 Å². The third-order valence-corrected chi connectivity index (χ3v) is 6.53. The molecule has 1 aliphatic rings. The first-order valence-corrected chi connectivity index (χ1v) is 12.5. The second kappa shape index (κ2) is 11.4. The Kier molecular flexibility index (Phi) is 8.09. The molecule has 1 unspecified atom stereocenters. The Morgan fingerprint density at radius 2 is 2.06 bits per heavy atom. The number of thiazole rings is 1. The maximum Gasteiger partial charge on any atom is 0.326 e. The fourth-order valence-electron chi connectivity index (χ4n) is 3.72. The van der Waals surface area contributed by atoms with Gasteiger partial charge < -0.3 is 14.2 Å². The Hall–Kier alpha value is -3.30. The Morgan fingerprint density at radius 1 is 1.20 bits per heavy atom. The number of pyridine rings is 1. The van der Waals surface area contributed by atoms with Gasteiger partial charge in [-0.2, -0.15) is 0 Å². The normalized spacial score (nSPS) is 15.0. The number of fused-ring (bicyclic) bond motifs is 1. The van der Waals surface area contributed by atoms with E-state index in [1.54, 1.807) is 24.5 Å². The van der Waals surface area contributed by atoms with Gasteiger partial charge in [0, 0.05) is 23.2 Å². The van der Waals surface area contributed by atoms with E-state index in [9.17, 15) is 9.59 Å². The number of hydrogen-bond donors (Lipinski definition) is 0. The number of anilines is 1. The molecule has 8 nitrogen and oxygen atoms in total. The lowest BCUT2D eigenvalue weighted by Gasteiger charge is -2.32. The quantitative estimate of drug-likeness (QED) is 0.299. The maximum absolute atomic E-state index is 12.9. The van der Waals surface area contributed by atoms with Crippen molar-refractivity contribution in [3.05, 3.63) is 47.5 Å². The predicted molar refractivity (Wildman–Crippen MR) is 135 cm³/mol. The summed E-state index contributed by atoms with van der Waals surface area (Å²) < 4.78 is 16.5. The fourth-order valence-corrected chi connectivity index (χ4v) is 4.63. The molecule has 2 aromatic heterocycles. The second-order valence-electron chi connectivity index (χ2n) is 8.19. The Balaban J connectivity index is 1.53. The molecule has 1 aromatic carbocycles. The number of aromatic nitrogens is 2. The van der Waals surface area contributed by atoms with Crippen LogP contribution in [0, 0.1) is 6.92 Å². The van der Waals surface area contributed by atoms with Gasteiger partial charge in [0.05, 0.1) is 23.7 Å². The van der Waals surface area contributed by atoms with E-state index in [1.165, 1.54) is 4.90 Å². The lowest BCUT2D eigenvalue weighted by Crippen LogP contribution is -2.47. The molecule has 184 valence electrons. The second-order valence-corrected chi connectivity index (χ2v) is 9.40. The zero-order valence-corrected chi connectivity index (χ0v) is 21.0. The average Bonchev–Trinajstić information content (AvgIpc) is 3.26. The van der Waals surface area contributed by atoms with Crippen molar-refractivity contribution in [2.24, 2.45) is 0 Å². The van der Waals surface area contributed by atoms with Crippen molar-refractivity contribution in [3.8, 4) is 27.7 Å². The summed E-state index contributed by atoms with van der Waals surface area (Å²) in [4.78, 5) is 37.1. The van der Waals surface area contributed by atoms with Gasteiger partial charge in [-0.15, -0.1) is 11.3 Å². The van der Waals surface area contributed by atoms with Crippen LogP contribution in [0.4, 0.5) is 5.69 Å². The summed E-state index contributed by atoms with van der Waals surface area (Å²) in [7, 11) is 0. The molecule has 1 aliphatic heterocycles. The van der Waals surface area contributed by atoms with Crippen LogP contribution >= 0.6 is 11.3 Å². The SMILES string of the molecule is CCCCOCCOC(=O)CN1C(=O)C(C)Oc2ccc(-c3nc(-c4ccccn4)sc3C)cc21. The summed E-state index contributed by atoms with van der Waals surface area (Å²) >= 11 is 1.56. The van der Waals surface area contributed by atoms with Crippen molar-refractivity contribution in [1.82, 2.24) is 9.97 Å². The van der Waals surface area contributed by atoms with Gasteiger partial charge in [0.15, 0.2) is 6.10 Å². The van der Waals surface area contributed by atoms with Crippen LogP contribution in [0.3, 0.4) is 0 Å². The number of benzene rings is 1. The van der Waals surface area contributed by atoms with Crippen molar-refractivity contribution >= 4 is 28.9 Å². The van der Waals surface area contributed by atoms with E-state index in [1.807, 2.05) is 43.3 Å². The number of esters is 1. The molecule has 0 saturated heterocycles. The lowest BCUT2D eigenvalue weighted by molar-refractivity contribution is -0.144. The van der Waals surface area contributed by atoms with Crippen LogP contribution < -0.4 is 9.64 Å². The van der Waals surface area contributed by atoms with Crippen molar-refractivity contribution in [3.63, 3.8) is 0 Å². The molecule has 3 aromatic rings. The van der Waals surface area contributed by atoms with Gasteiger partial charge in [-0.05, 0) is 50.6 Å². The first kappa shape index (κ1) is 24.8. The highest BCUT2D eigenvalue weighted by atomic mass is 32.1. The van der Waals surface area contributed by atoms with Gasteiger partial charge in [0.2, 0.25) is 0 Å². The summed E-state index contributed by atoms with van der Waals surface area (Å²) in [5.41, 5.74) is 2.96. The molecule has 0 fully saturated rings. The summed E-state index contributed by atoms with van der Waals surface area (Å²) in [6.07, 6.45) is 3.05. The zero-order chi connectivity index (χ0) is 24.8. The number of amides is 1. The molecule has 0 N–H and O–H groups in total. The van der Waals surface area contributed by atoms with Crippen molar-refractivity contribution in [1.29, 1.82) is 0 Å². The van der Waals surface area contributed by atoms with Crippen molar-refractivity contribution in [2.75, 3.05) is 31.3 Å². The van der Waals surface area contributed by atoms with Gasteiger partial charge in [-0.1, -0.05) is 19.4 Å². The molecule has 0 bridgehead atoms. The van der Waals surface area contributed by atoms with Gasteiger partial charge in [-0.3, -0.25) is 19.5 Å². The molecule has 0 aliphatic carbocycles. The Morgan fingerprint density at radius 3 is 2.83 bits per heavy atom. The minimum Gasteiger partial charge on any atom is -0.479 e. The van der Waals surface area contributed by atoms with E-state index in [2.05, 4.69) is 11.9 Å². The molecule has 1 atom stereocenters. The summed E-state index contributed by atoms with van der Waals surface area (Å²) in [6, 6.07) is 11.3. The molecule has 0 spiro atoms. The van der Waals surface area contributed by atoms with Crippen molar-refractivity contribution in [2.45, 2.75) is 39.7 Å². The predicted octanol–water partition coefficient (Wildman–Crippen LogP) is 4.65. The summed E-state index contributed by atoms with van der Waals surface area (Å²) in [6.45, 7) is 6.68. The number of nitrogens with zero attached hydrogens (tertiary/aromatic N) is 3. The number of unbranched alkanes of at least 4 members (excludes halogenated alkanes) is 1. The Bertz CT molecular complexity index is 1180. The largest absolute Gasteiger partial charge is 0.479 e. The van der Waals surface area contributed by atoms with E-state index < -0.39 is 12.1 Å². The van der Waals surface area contributed by atoms with Crippen LogP contribution in [0.25, 0.3) is 22.0 Å². The van der Waals surface area contributed by atoms with Gasteiger partial charge in [0.25, 0.3) is 5.91 Å². The lowest BCUT2D eigenvalue weighted by atomic mass is 10.1. The first-order valence-electron chi connectivity index (χ1n) is 11.7. The molecular formula is C26H29N3O5S. The summed E-state index contributed by atoms with van der Waals surface area (Å²) in [5.74, 6) is -0.255. The van der Waals surface area contributed by atoms with E-state index in [0.717, 1.165) is 39.7 Å². The standard InChI is InChI=1S/C26H29N3O5S/c1-4-5-12-32-13-14-33-23(30)16-29-21-15-19(9-10-22(21)34-17(2)26(29)31)24-18(3)35-25(28-24)20-8-6-7-11-27-20/h6-11,15,17H,4-5,12-14,16H2,1-3H3. The van der Waals surface area contributed by atoms with Crippen LogP contribution in [-0.4, -0.2) is 54.3 Å². The van der Waals surface area contributed by atoms with Crippen LogP contribution in [0.15, 0.2) is 42.6 Å². The van der Waals surface area contributed by atoms with Crippen LogP contribution in [0.2, 0.25) is 0 Å². The number of hydrogen-bond acceptors (Lipinski definition) is 8. The van der Waals surface area contributed by atoms with Gasteiger partial charge >= 0.3 is 5.97 Å². The number of ether oxygens (including phenoxy) is 3. The molecule has 3 heterocycles. The molecular weight excluding hydrogens is 466 g/mol. The number of rotatable bonds is 10. The molecule has 0 saturated carbocycles. The van der Waals surface area contributed by atoms with E-state index >= 15 is 0 Å². The van der Waals surface area contributed by atoms with Crippen LogP contribution in [-0.2, 0) is 19.1 Å². The van der Waals surface area contributed by atoms with Crippen LogP contribution in [0.1, 0.15) is 31.6 Å². The fraction of sp³-hybridized carbons (Fsp3) is 0.385. The molecule has 4 rings (SSSR count). The highest BCUT2D eigenvalue weighted by molar-refractivity contribution is 7.15. The molecule has 0 radical (unpaired) electrons. The average molecular weight is 496 g/mol. The minimum absolute atomic E-state index is 0.151.